The Morgan fingerprint density at radius 3 is 2.50 bits per heavy atom. The molecule has 6 rings (SSSR count). The Morgan fingerprint density at radius 2 is 1.82 bits per heavy atom. The van der Waals surface area contributed by atoms with Gasteiger partial charge in [0, 0.05) is 40.3 Å². The molecule has 0 unspecified atom stereocenters. The van der Waals surface area contributed by atoms with E-state index in [2.05, 4.69) is 34.8 Å². The van der Waals surface area contributed by atoms with Crippen LogP contribution in [0.2, 0.25) is 10.2 Å². The summed E-state index contributed by atoms with van der Waals surface area (Å²) in [4.78, 5) is 43.9. The highest BCUT2D eigenvalue weighted by Crippen LogP contribution is 2.64. The van der Waals surface area contributed by atoms with Crippen LogP contribution in [-0.4, -0.2) is 40.3 Å². The standard InChI is InChI=1S/C29H32Cl2FN5O3/c1-27(2)6-8-28(9-7-27)29(18-4-3-15(30)13-19(18)36-26(29)40)20(17-5-10-34-23(31)21(17)32)22(37-28)25(39)35-16-11-14(12-16)24(33)38/h3-5,10,13-14,16,20,22,37H,6-9,11-12H2,1-2H3,(H2,33,38)(H,35,39)(H,36,40)/t14-,16-,20-,22+,29+/m0/s1. The van der Waals surface area contributed by atoms with Crippen LogP contribution in [0.25, 0.3) is 0 Å². The minimum atomic E-state index is -1.33. The summed E-state index contributed by atoms with van der Waals surface area (Å²) in [6.07, 6.45) is 5.10. The number of nitrogens with one attached hydrogen (secondary N) is 3. The predicted molar refractivity (Wildman–Crippen MR) is 149 cm³/mol. The van der Waals surface area contributed by atoms with Crippen LogP contribution in [0.1, 0.15) is 69.4 Å². The van der Waals surface area contributed by atoms with E-state index >= 15 is 4.39 Å². The molecule has 4 aliphatic rings. The van der Waals surface area contributed by atoms with Gasteiger partial charge in [0.2, 0.25) is 17.7 Å². The van der Waals surface area contributed by atoms with Gasteiger partial charge in [-0.2, -0.15) is 0 Å². The first-order valence-corrected chi connectivity index (χ1v) is 14.4. The molecule has 2 aliphatic carbocycles. The lowest BCUT2D eigenvalue weighted by molar-refractivity contribution is -0.129. The molecule has 212 valence electrons. The van der Waals surface area contributed by atoms with Crippen molar-refractivity contribution in [3.63, 3.8) is 0 Å². The number of fused-ring (bicyclic) bond motifs is 3. The number of pyridine rings is 1. The normalized spacial score (nSPS) is 31.5. The second kappa shape index (κ2) is 9.39. The molecule has 2 aromatic rings. The molecule has 8 nitrogen and oxygen atoms in total. The molecule has 1 saturated heterocycles. The third kappa shape index (κ3) is 3.96. The lowest BCUT2D eigenvalue weighted by atomic mass is 9.53. The van der Waals surface area contributed by atoms with E-state index in [4.69, 9.17) is 28.9 Å². The van der Waals surface area contributed by atoms with Gasteiger partial charge < -0.3 is 16.4 Å². The Labute approximate surface area is 241 Å². The van der Waals surface area contributed by atoms with Gasteiger partial charge in [-0.15, -0.1) is 0 Å². The van der Waals surface area contributed by atoms with Crippen molar-refractivity contribution >= 4 is 46.6 Å². The maximum absolute atomic E-state index is 15.9. The smallest absolute Gasteiger partial charge is 0.238 e. The topological polar surface area (TPSA) is 126 Å². The highest BCUT2D eigenvalue weighted by molar-refractivity contribution is 6.31. The Balaban J connectivity index is 1.53. The van der Waals surface area contributed by atoms with Gasteiger partial charge in [0.15, 0.2) is 11.0 Å². The molecule has 2 spiro atoms. The third-order valence-corrected chi connectivity index (χ3v) is 10.3. The number of carbonyl (C=O) groups excluding carboxylic acids is 3. The highest BCUT2D eigenvalue weighted by atomic mass is 35.5. The van der Waals surface area contributed by atoms with Crippen molar-refractivity contribution < 1.29 is 18.8 Å². The molecule has 3 fully saturated rings. The average Bonchev–Trinajstić information content (AvgIpc) is 3.32. The van der Waals surface area contributed by atoms with Crippen molar-refractivity contribution in [2.45, 2.75) is 81.3 Å². The van der Waals surface area contributed by atoms with Crippen molar-refractivity contribution in [3.8, 4) is 0 Å². The molecule has 2 aliphatic heterocycles. The Bertz CT molecular complexity index is 1420. The maximum atomic E-state index is 15.9. The SMILES string of the molecule is CC1(C)CCC2(CC1)N[C@@H](C(=O)N[C@H]1C[C@H](C(N)=O)C1)[C@H](c1ccnc(Cl)c1F)[C@]21C(=O)Nc2cc(Cl)ccc21. The van der Waals surface area contributed by atoms with Crippen molar-refractivity contribution in [1.29, 1.82) is 0 Å². The number of anilines is 1. The van der Waals surface area contributed by atoms with Crippen LogP contribution in [0, 0.1) is 17.2 Å². The third-order valence-electron chi connectivity index (χ3n) is 9.84. The summed E-state index contributed by atoms with van der Waals surface area (Å²) < 4.78 is 15.9. The monoisotopic (exact) mass is 587 g/mol. The first kappa shape index (κ1) is 27.4. The molecule has 2 saturated carbocycles. The lowest BCUT2D eigenvalue weighted by Gasteiger charge is -2.50. The van der Waals surface area contributed by atoms with Gasteiger partial charge in [-0.25, -0.2) is 9.37 Å². The summed E-state index contributed by atoms with van der Waals surface area (Å²) in [7, 11) is 0. The summed E-state index contributed by atoms with van der Waals surface area (Å²) in [5, 5.41) is 9.81. The molecular formula is C29H32Cl2FN5O3. The number of benzene rings is 1. The van der Waals surface area contributed by atoms with E-state index in [1.807, 2.05) is 6.07 Å². The van der Waals surface area contributed by atoms with E-state index in [-0.39, 0.29) is 39.9 Å². The van der Waals surface area contributed by atoms with Crippen LogP contribution >= 0.6 is 23.2 Å². The first-order valence-electron chi connectivity index (χ1n) is 13.7. The average molecular weight is 589 g/mol. The molecule has 40 heavy (non-hydrogen) atoms. The molecule has 0 radical (unpaired) electrons. The zero-order valence-corrected chi connectivity index (χ0v) is 23.8. The van der Waals surface area contributed by atoms with Crippen molar-refractivity contribution in [3.05, 3.63) is 57.6 Å². The molecule has 3 heterocycles. The Morgan fingerprint density at radius 1 is 1.12 bits per heavy atom. The maximum Gasteiger partial charge on any atom is 0.238 e. The van der Waals surface area contributed by atoms with Crippen LogP contribution < -0.4 is 21.7 Å². The summed E-state index contributed by atoms with van der Waals surface area (Å²) in [5.74, 6) is -3.04. The van der Waals surface area contributed by atoms with E-state index in [1.54, 1.807) is 12.1 Å². The summed E-state index contributed by atoms with van der Waals surface area (Å²) in [5.41, 5.74) is 4.68. The summed E-state index contributed by atoms with van der Waals surface area (Å²) >= 11 is 12.5. The minimum Gasteiger partial charge on any atom is -0.369 e. The molecule has 11 heteroatoms. The van der Waals surface area contributed by atoms with Gasteiger partial charge in [-0.1, -0.05) is 43.1 Å². The van der Waals surface area contributed by atoms with Crippen LogP contribution in [0.15, 0.2) is 30.5 Å². The zero-order valence-electron chi connectivity index (χ0n) is 22.3. The molecule has 0 bridgehead atoms. The predicted octanol–water partition coefficient (Wildman–Crippen LogP) is 4.19. The van der Waals surface area contributed by atoms with Gasteiger partial charge >= 0.3 is 0 Å². The van der Waals surface area contributed by atoms with Crippen LogP contribution in [-0.2, 0) is 19.8 Å². The Hall–Kier alpha value is -2.75. The van der Waals surface area contributed by atoms with E-state index in [9.17, 15) is 14.4 Å². The van der Waals surface area contributed by atoms with Gasteiger partial charge in [0.1, 0.15) is 5.41 Å². The number of rotatable bonds is 4. The molecule has 1 aromatic heterocycles. The fourth-order valence-corrected chi connectivity index (χ4v) is 7.92. The first-order chi connectivity index (χ1) is 18.9. The number of hydrogen-bond acceptors (Lipinski definition) is 5. The quantitative estimate of drug-likeness (QED) is 0.399. The second-order valence-corrected chi connectivity index (χ2v) is 13.4. The molecule has 3 amide bonds. The molecule has 1 aromatic carbocycles. The number of nitrogens with two attached hydrogens (primary N) is 1. The van der Waals surface area contributed by atoms with E-state index in [1.165, 1.54) is 12.3 Å². The second-order valence-electron chi connectivity index (χ2n) is 12.6. The van der Waals surface area contributed by atoms with E-state index in [0.717, 1.165) is 12.8 Å². The highest BCUT2D eigenvalue weighted by Gasteiger charge is 2.73. The number of hydrogen-bond donors (Lipinski definition) is 4. The van der Waals surface area contributed by atoms with Crippen LogP contribution in [0.3, 0.4) is 0 Å². The summed E-state index contributed by atoms with van der Waals surface area (Å²) in [6.45, 7) is 4.39. The van der Waals surface area contributed by atoms with Crippen LogP contribution in [0.4, 0.5) is 10.1 Å². The van der Waals surface area contributed by atoms with E-state index < -0.39 is 34.6 Å². The van der Waals surface area contributed by atoms with Gasteiger partial charge in [0.25, 0.3) is 0 Å². The molecule has 3 atom stereocenters. The van der Waals surface area contributed by atoms with Gasteiger partial charge in [-0.05, 0) is 73.3 Å². The lowest BCUT2D eigenvalue weighted by Crippen LogP contribution is -2.61. The van der Waals surface area contributed by atoms with E-state index in [0.29, 0.717) is 42.0 Å². The van der Waals surface area contributed by atoms with Gasteiger partial charge in [0.05, 0.1) is 6.04 Å². The van der Waals surface area contributed by atoms with Crippen molar-refractivity contribution in [2.75, 3.05) is 5.32 Å². The minimum absolute atomic E-state index is 0.0444. The number of amides is 3. The van der Waals surface area contributed by atoms with Crippen LogP contribution in [0.5, 0.6) is 0 Å². The fraction of sp³-hybridized carbons (Fsp3) is 0.517. The Kier molecular flexibility index (Phi) is 6.44. The molecule has 5 N–H and O–H groups in total. The number of carbonyl (C=O) groups is 3. The number of aromatic nitrogens is 1. The van der Waals surface area contributed by atoms with Crippen molar-refractivity contribution in [1.82, 2.24) is 15.6 Å². The fourth-order valence-electron chi connectivity index (χ4n) is 7.59. The molecular weight excluding hydrogens is 556 g/mol. The zero-order chi connectivity index (χ0) is 28.6. The number of halogens is 3. The number of nitrogens with zero attached hydrogens (tertiary/aromatic N) is 1. The number of primary amides is 1. The largest absolute Gasteiger partial charge is 0.369 e. The van der Waals surface area contributed by atoms with Gasteiger partial charge in [-0.3, -0.25) is 19.7 Å². The summed E-state index contributed by atoms with van der Waals surface area (Å²) in [6, 6.07) is 5.55. The van der Waals surface area contributed by atoms with Crippen molar-refractivity contribution in [2.24, 2.45) is 17.1 Å².